The van der Waals surface area contributed by atoms with Gasteiger partial charge in [-0.1, -0.05) is 19.3 Å². The van der Waals surface area contributed by atoms with Gasteiger partial charge in [-0.2, -0.15) is 0 Å². The lowest BCUT2D eigenvalue weighted by atomic mass is 9.94. The number of hydrogen-bond donors (Lipinski definition) is 1. The smallest absolute Gasteiger partial charge is 0.236 e. The molecule has 0 aromatic carbocycles. The molecule has 0 radical (unpaired) electrons. The Hall–Kier alpha value is -0.320. The molecule has 1 amide bonds. The summed E-state index contributed by atoms with van der Waals surface area (Å²) >= 11 is 0. The average Bonchev–Trinajstić information content (AvgIpc) is 3.24. The second kappa shape index (κ2) is 8.20. The van der Waals surface area contributed by atoms with E-state index >= 15 is 0 Å². The Kier molecular flexibility index (Phi) is 7.27. The fraction of sp³-hybridized carbons (Fsp3) is 0.933. The van der Waals surface area contributed by atoms with Gasteiger partial charge in [-0.15, -0.1) is 12.4 Å². The number of likely N-dealkylation sites (N-methyl/N-ethyl adjacent to an activating group) is 2. The molecule has 2 N–H and O–H groups in total. The summed E-state index contributed by atoms with van der Waals surface area (Å²) in [4.78, 5) is 16.5. The molecule has 0 aromatic rings. The predicted octanol–water partition coefficient (Wildman–Crippen LogP) is 1.87. The van der Waals surface area contributed by atoms with Crippen LogP contribution in [0.4, 0.5) is 0 Å². The molecule has 0 bridgehead atoms. The number of halogens is 1. The first-order valence-corrected chi connectivity index (χ1v) is 7.79. The minimum atomic E-state index is 0. The minimum Gasteiger partial charge on any atom is -0.342 e. The summed E-state index contributed by atoms with van der Waals surface area (Å²) < 4.78 is 0. The Morgan fingerprint density at radius 1 is 1.15 bits per heavy atom. The van der Waals surface area contributed by atoms with Crippen molar-refractivity contribution >= 4 is 18.3 Å². The number of amides is 1. The lowest BCUT2D eigenvalue weighted by Gasteiger charge is -2.34. The van der Waals surface area contributed by atoms with Gasteiger partial charge in [0.25, 0.3) is 0 Å². The van der Waals surface area contributed by atoms with Crippen LogP contribution in [0.1, 0.15) is 44.9 Å². The van der Waals surface area contributed by atoms with Gasteiger partial charge in [-0.3, -0.25) is 9.69 Å². The van der Waals surface area contributed by atoms with E-state index in [0.29, 0.717) is 25.2 Å². The summed E-state index contributed by atoms with van der Waals surface area (Å²) in [6.07, 6.45) is 8.77. The zero-order valence-electron chi connectivity index (χ0n) is 12.9. The molecule has 1 unspecified atom stereocenters. The van der Waals surface area contributed by atoms with Gasteiger partial charge in [0.1, 0.15) is 0 Å². The maximum Gasteiger partial charge on any atom is 0.236 e. The molecule has 2 rings (SSSR count). The highest BCUT2D eigenvalue weighted by Gasteiger charge is 2.34. The molecule has 4 nitrogen and oxygen atoms in total. The largest absolute Gasteiger partial charge is 0.342 e. The fourth-order valence-corrected chi connectivity index (χ4v) is 3.33. The van der Waals surface area contributed by atoms with E-state index in [0.717, 1.165) is 5.92 Å². The van der Waals surface area contributed by atoms with Gasteiger partial charge in [-0.05, 0) is 38.6 Å². The third-order valence-corrected chi connectivity index (χ3v) is 4.87. The van der Waals surface area contributed by atoms with Crippen molar-refractivity contribution < 1.29 is 4.79 Å². The highest BCUT2D eigenvalue weighted by molar-refractivity contribution is 5.85. The van der Waals surface area contributed by atoms with E-state index in [-0.39, 0.29) is 18.3 Å². The van der Waals surface area contributed by atoms with Gasteiger partial charge >= 0.3 is 0 Å². The molecule has 2 aliphatic carbocycles. The maximum absolute atomic E-state index is 12.4. The van der Waals surface area contributed by atoms with E-state index in [2.05, 4.69) is 4.90 Å². The Morgan fingerprint density at radius 2 is 1.75 bits per heavy atom. The molecule has 20 heavy (non-hydrogen) atoms. The van der Waals surface area contributed by atoms with E-state index in [1.807, 2.05) is 19.0 Å². The van der Waals surface area contributed by atoms with Crippen molar-refractivity contribution in [3.63, 3.8) is 0 Å². The second-order valence-electron chi connectivity index (χ2n) is 6.35. The Bertz CT molecular complexity index is 303. The number of nitrogens with two attached hydrogens (primary N) is 1. The molecule has 1 atom stereocenters. The number of carbonyl (C=O) groups excluding carboxylic acids is 1. The van der Waals surface area contributed by atoms with Crippen LogP contribution in [-0.4, -0.2) is 55.0 Å². The average molecular weight is 304 g/mol. The summed E-state index contributed by atoms with van der Waals surface area (Å²) in [6.45, 7) is 1.19. The summed E-state index contributed by atoms with van der Waals surface area (Å²) in [6, 6.07) is 0.857. The van der Waals surface area contributed by atoms with E-state index in [9.17, 15) is 4.79 Å². The first kappa shape index (κ1) is 17.7. The Labute approximate surface area is 129 Å². The van der Waals surface area contributed by atoms with Gasteiger partial charge in [0.05, 0.1) is 6.54 Å². The van der Waals surface area contributed by atoms with Gasteiger partial charge in [-0.25, -0.2) is 0 Å². The molecule has 0 aromatic heterocycles. The summed E-state index contributed by atoms with van der Waals surface area (Å²) in [5.41, 5.74) is 5.84. The van der Waals surface area contributed by atoms with Crippen LogP contribution in [0, 0.1) is 5.92 Å². The monoisotopic (exact) mass is 303 g/mol. The number of nitrogens with zero attached hydrogens (tertiary/aromatic N) is 2. The normalized spacial score (nSPS) is 21.4. The van der Waals surface area contributed by atoms with Crippen LogP contribution < -0.4 is 5.73 Å². The van der Waals surface area contributed by atoms with Crippen molar-refractivity contribution in [1.82, 2.24) is 9.80 Å². The molecule has 0 heterocycles. The van der Waals surface area contributed by atoms with Crippen molar-refractivity contribution in [2.45, 2.75) is 57.0 Å². The van der Waals surface area contributed by atoms with Crippen molar-refractivity contribution in [2.24, 2.45) is 11.7 Å². The first-order chi connectivity index (χ1) is 9.13. The predicted molar refractivity (Wildman–Crippen MR) is 85.1 cm³/mol. The number of carbonyl (C=O) groups is 1. The van der Waals surface area contributed by atoms with Gasteiger partial charge in [0.2, 0.25) is 5.91 Å². The van der Waals surface area contributed by atoms with Gasteiger partial charge in [0.15, 0.2) is 0 Å². The third kappa shape index (κ3) is 4.61. The van der Waals surface area contributed by atoms with Gasteiger partial charge in [0, 0.05) is 25.7 Å². The molecule has 118 valence electrons. The van der Waals surface area contributed by atoms with E-state index < -0.39 is 0 Å². The van der Waals surface area contributed by atoms with Crippen molar-refractivity contribution in [3.05, 3.63) is 0 Å². The van der Waals surface area contributed by atoms with Crippen LogP contribution in [0.2, 0.25) is 0 Å². The lowest BCUT2D eigenvalue weighted by Crippen LogP contribution is -2.48. The van der Waals surface area contributed by atoms with E-state index in [1.54, 1.807) is 0 Å². The summed E-state index contributed by atoms with van der Waals surface area (Å²) in [5, 5.41) is 0. The molecule has 0 spiro atoms. The Balaban J connectivity index is 0.00000200. The van der Waals surface area contributed by atoms with Crippen LogP contribution in [0.3, 0.4) is 0 Å². The van der Waals surface area contributed by atoms with Gasteiger partial charge < -0.3 is 10.6 Å². The molecular weight excluding hydrogens is 274 g/mol. The van der Waals surface area contributed by atoms with Crippen LogP contribution in [-0.2, 0) is 4.79 Å². The Morgan fingerprint density at radius 3 is 2.25 bits per heavy atom. The minimum absolute atomic E-state index is 0. The van der Waals surface area contributed by atoms with Crippen molar-refractivity contribution in [1.29, 1.82) is 0 Å². The summed E-state index contributed by atoms with van der Waals surface area (Å²) in [5.74, 6) is 0.983. The summed E-state index contributed by atoms with van der Waals surface area (Å²) in [7, 11) is 4.02. The molecule has 2 fully saturated rings. The maximum atomic E-state index is 12.4. The fourth-order valence-electron chi connectivity index (χ4n) is 3.33. The molecule has 0 saturated heterocycles. The zero-order valence-corrected chi connectivity index (χ0v) is 13.7. The van der Waals surface area contributed by atoms with Crippen molar-refractivity contribution in [3.8, 4) is 0 Å². The van der Waals surface area contributed by atoms with Crippen LogP contribution in [0.25, 0.3) is 0 Å². The second-order valence-corrected chi connectivity index (χ2v) is 6.35. The first-order valence-electron chi connectivity index (χ1n) is 7.79. The molecule has 5 heteroatoms. The quantitative estimate of drug-likeness (QED) is 0.815. The molecule has 2 saturated carbocycles. The number of hydrogen-bond acceptors (Lipinski definition) is 3. The van der Waals surface area contributed by atoms with Crippen LogP contribution in [0.5, 0.6) is 0 Å². The third-order valence-electron chi connectivity index (χ3n) is 4.87. The lowest BCUT2D eigenvalue weighted by molar-refractivity contribution is -0.134. The van der Waals surface area contributed by atoms with Crippen molar-refractivity contribution in [2.75, 3.05) is 27.2 Å². The highest BCUT2D eigenvalue weighted by atomic mass is 35.5. The molecule has 2 aliphatic rings. The molecule has 0 aliphatic heterocycles. The van der Waals surface area contributed by atoms with Crippen LogP contribution >= 0.6 is 12.4 Å². The zero-order chi connectivity index (χ0) is 13.8. The standard InChI is InChI=1S/C15H29N3O.ClH/c1-17(14(10-16)12-8-9-12)11-15(19)18(2)13-6-4-3-5-7-13;/h12-14H,3-11,16H2,1-2H3;1H. The van der Waals surface area contributed by atoms with E-state index in [1.165, 1.54) is 44.9 Å². The SMILES string of the molecule is CN(CC(=O)N(C)C1CCCCC1)C(CN)C1CC1.Cl. The molecular formula is C15H30ClN3O. The highest BCUT2D eigenvalue weighted by Crippen LogP contribution is 2.34. The van der Waals surface area contributed by atoms with Crippen LogP contribution in [0.15, 0.2) is 0 Å². The van der Waals surface area contributed by atoms with E-state index in [4.69, 9.17) is 5.73 Å². The topological polar surface area (TPSA) is 49.6 Å². The number of rotatable bonds is 6.